The van der Waals surface area contributed by atoms with Gasteiger partial charge in [-0.1, -0.05) is 0 Å². The van der Waals surface area contributed by atoms with Crippen molar-refractivity contribution in [3.63, 3.8) is 0 Å². The Balaban J connectivity index is 2.08. The van der Waals surface area contributed by atoms with E-state index in [0.29, 0.717) is 28.6 Å². The van der Waals surface area contributed by atoms with Gasteiger partial charge in [-0.15, -0.1) is 0 Å². The Labute approximate surface area is 159 Å². The van der Waals surface area contributed by atoms with Crippen LogP contribution in [0.5, 0.6) is 17.2 Å². The molecule has 0 radical (unpaired) electrons. The fraction of sp³-hybridized carbons (Fsp3) is 0.368. The second-order valence-electron chi connectivity index (χ2n) is 6.03. The predicted molar refractivity (Wildman–Crippen MR) is 105 cm³/mol. The lowest BCUT2D eigenvalue weighted by Crippen LogP contribution is -2.21. The Morgan fingerprint density at radius 1 is 1.04 bits per heavy atom. The van der Waals surface area contributed by atoms with Crippen molar-refractivity contribution in [1.29, 1.82) is 0 Å². The predicted octanol–water partition coefficient (Wildman–Crippen LogP) is 2.33. The molecule has 27 heavy (non-hydrogen) atoms. The van der Waals surface area contributed by atoms with E-state index in [0.717, 1.165) is 18.8 Å². The number of amides is 1. The van der Waals surface area contributed by atoms with Gasteiger partial charge in [-0.25, -0.2) is 4.98 Å². The number of hydrogen-bond donors (Lipinski definition) is 2. The number of aromatic nitrogens is 1. The van der Waals surface area contributed by atoms with Crippen LogP contribution in [0, 0.1) is 0 Å². The summed E-state index contributed by atoms with van der Waals surface area (Å²) in [5.41, 5.74) is 1.69. The van der Waals surface area contributed by atoms with Crippen molar-refractivity contribution in [2.24, 2.45) is 0 Å². The zero-order valence-electron chi connectivity index (χ0n) is 16.3. The number of nitrogens with zero attached hydrogens (tertiary/aromatic N) is 2. The maximum Gasteiger partial charge on any atom is 0.274 e. The van der Waals surface area contributed by atoms with E-state index in [1.807, 2.05) is 20.2 Å². The van der Waals surface area contributed by atoms with Gasteiger partial charge in [-0.05, 0) is 26.2 Å². The van der Waals surface area contributed by atoms with Crippen LogP contribution in [0.15, 0.2) is 30.5 Å². The van der Waals surface area contributed by atoms with E-state index in [2.05, 4.69) is 20.5 Å². The van der Waals surface area contributed by atoms with Gasteiger partial charge in [0.1, 0.15) is 5.69 Å². The smallest absolute Gasteiger partial charge is 0.274 e. The molecule has 1 heterocycles. The van der Waals surface area contributed by atoms with Crippen LogP contribution in [0.25, 0.3) is 0 Å². The number of pyridine rings is 1. The molecule has 0 fully saturated rings. The summed E-state index contributed by atoms with van der Waals surface area (Å²) in [6.45, 7) is 1.70. The molecule has 0 saturated heterocycles. The van der Waals surface area contributed by atoms with E-state index in [4.69, 9.17) is 14.2 Å². The maximum absolute atomic E-state index is 12.5. The lowest BCUT2D eigenvalue weighted by molar-refractivity contribution is 0.102. The van der Waals surface area contributed by atoms with Crippen LogP contribution >= 0.6 is 0 Å². The number of carbonyl (C=O) groups is 1. The van der Waals surface area contributed by atoms with Gasteiger partial charge in [0, 0.05) is 30.9 Å². The van der Waals surface area contributed by atoms with Crippen LogP contribution in [0.4, 0.5) is 11.4 Å². The highest BCUT2D eigenvalue weighted by Crippen LogP contribution is 2.39. The van der Waals surface area contributed by atoms with E-state index in [-0.39, 0.29) is 5.91 Å². The van der Waals surface area contributed by atoms with E-state index < -0.39 is 0 Å². The number of anilines is 2. The molecule has 0 spiro atoms. The van der Waals surface area contributed by atoms with Crippen molar-refractivity contribution in [1.82, 2.24) is 9.88 Å². The van der Waals surface area contributed by atoms with Crippen LogP contribution in [0.3, 0.4) is 0 Å². The molecule has 0 unspecified atom stereocenters. The molecule has 2 rings (SSSR count). The minimum Gasteiger partial charge on any atom is -0.493 e. The summed E-state index contributed by atoms with van der Waals surface area (Å²) in [7, 11) is 8.59. The first-order chi connectivity index (χ1) is 13.0. The number of hydrogen-bond acceptors (Lipinski definition) is 7. The van der Waals surface area contributed by atoms with E-state index >= 15 is 0 Å². The van der Waals surface area contributed by atoms with E-state index in [1.165, 1.54) is 21.3 Å². The number of nitrogens with one attached hydrogen (secondary N) is 2. The summed E-state index contributed by atoms with van der Waals surface area (Å²) in [6.07, 6.45) is 1.64. The molecular formula is C19H26N4O4. The van der Waals surface area contributed by atoms with Crippen molar-refractivity contribution >= 4 is 17.3 Å². The molecule has 0 saturated carbocycles. The van der Waals surface area contributed by atoms with Crippen molar-refractivity contribution in [3.05, 3.63) is 36.2 Å². The van der Waals surface area contributed by atoms with Gasteiger partial charge in [0.15, 0.2) is 11.5 Å². The summed E-state index contributed by atoms with van der Waals surface area (Å²) < 4.78 is 15.9. The van der Waals surface area contributed by atoms with Crippen molar-refractivity contribution in [3.8, 4) is 17.2 Å². The molecule has 1 aromatic carbocycles. The number of likely N-dealkylation sites (N-methyl/N-ethyl adjacent to an activating group) is 1. The molecule has 8 heteroatoms. The van der Waals surface area contributed by atoms with Crippen molar-refractivity contribution < 1.29 is 19.0 Å². The largest absolute Gasteiger partial charge is 0.493 e. The van der Waals surface area contributed by atoms with Crippen molar-refractivity contribution in [2.45, 2.75) is 0 Å². The topological polar surface area (TPSA) is 85.0 Å². The third-order valence-electron chi connectivity index (χ3n) is 3.81. The molecule has 146 valence electrons. The summed E-state index contributed by atoms with van der Waals surface area (Å²) in [4.78, 5) is 18.8. The van der Waals surface area contributed by atoms with Gasteiger partial charge in [-0.2, -0.15) is 0 Å². The van der Waals surface area contributed by atoms with Crippen LogP contribution in [-0.4, -0.2) is 64.3 Å². The summed E-state index contributed by atoms with van der Waals surface area (Å²) in [5, 5.41) is 6.04. The zero-order chi connectivity index (χ0) is 19.8. The Morgan fingerprint density at radius 2 is 1.70 bits per heavy atom. The summed E-state index contributed by atoms with van der Waals surface area (Å²) in [5.74, 6) is 1.05. The third-order valence-corrected chi connectivity index (χ3v) is 3.81. The number of rotatable bonds is 9. The third kappa shape index (κ3) is 5.49. The molecule has 0 atom stereocenters. The first-order valence-corrected chi connectivity index (χ1v) is 8.44. The number of methoxy groups -OCH3 is 3. The second-order valence-corrected chi connectivity index (χ2v) is 6.03. The van der Waals surface area contributed by atoms with Gasteiger partial charge < -0.3 is 29.7 Å². The molecule has 0 aliphatic carbocycles. The Bertz CT molecular complexity index is 738. The van der Waals surface area contributed by atoms with E-state index in [1.54, 1.807) is 24.4 Å². The lowest BCUT2D eigenvalue weighted by atomic mass is 10.2. The van der Waals surface area contributed by atoms with Gasteiger partial charge in [0.25, 0.3) is 5.91 Å². The first kappa shape index (κ1) is 20.3. The molecule has 0 aliphatic rings. The minimum absolute atomic E-state index is 0.307. The highest BCUT2D eigenvalue weighted by atomic mass is 16.5. The van der Waals surface area contributed by atoms with Crippen LogP contribution in [-0.2, 0) is 0 Å². The number of carbonyl (C=O) groups excluding carboxylic acids is 1. The minimum atomic E-state index is -0.330. The molecule has 1 amide bonds. The fourth-order valence-corrected chi connectivity index (χ4v) is 2.40. The molecular weight excluding hydrogens is 348 g/mol. The normalized spacial score (nSPS) is 10.4. The molecule has 0 bridgehead atoms. The van der Waals surface area contributed by atoms with Gasteiger partial charge in [0.2, 0.25) is 5.75 Å². The van der Waals surface area contributed by atoms with Crippen molar-refractivity contribution in [2.75, 3.05) is 59.1 Å². The standard InChI is InChI=1S/C19H26N4O4/c1-23(2)9-8-20-13-6-7-15(21-12-13)19(24)22-14-10-16(25-3)18(27-5)17(11-14)26-4/h6-7,10-12,20H,8-9H2,1-5H3,(H,22,24). The Hall–Kier alpha value is -3.00. The monoisotopic (exact) mass is 374 g/mol. The van der Waals surface area contributed by atoms with Crippen LogP contribution in [0.2, 0.25) is 0 Å². The molecule has 2 aromatic rings. The highest BCUT2D eigenvalue weighted by molar-refractivity contribution is 6.03. The Morgan fingerprint density at radius 3 is 2.19 bits per heavy atom. The average Bonchev–Trinajstić information content (AvgIpc) is 2.67. The quantitative estimate of drug-likeness (QED) is 0.697. The summed E-state index contributed by atoms with van der Waals surface area (Å²) in [6, 6.07) is 6.82. The molecule has 0 aliphatic heterocycles. The van der Waals surface area contributed by atoms with E-state index in [9.17, 15) is 4.79 Å². The SMILES string of the molecule is COc1cc(NC(=O)c2ccc(NCCN(C)C)cn2)cc(OC)c1OC. The van der Waals surface area contributed by atoms with Crippen LogP contribution < -0.4 is 24.8 Å². The maximum atomic E-state index is 12.5. The molecule has 1 aromatic heterocycles. The zero-order valence-corrected chi connectivity index (χ0v) is 16.3. The van der Waals surface area contributed by atoms with Gasteiger partial charge >= 0.3 is 0 Å². The number of ether oxygens (including phenoxy) is 3. The highest BCUT2D eigenvalue weighted by Gasteiger charge is 2.15. The molecule has 8 nitrogen and oxygen atoms in total. The van der Waals surface area contributed by atoms with Crippen LogP contribution in [0.1, 0.15) is 10.5 Å². The summed E-state index contributed by atoms with van der Waals surface area (Å²) >= 11 is 0. The first-order valence-electron chi connectivity index (χ1n) is 8.44. The number of benzene rings is 1. The van der Waals surface area contributed by atoms with Gasteiger partial charge in [-0.3, -0.25) is 4.79 Å². The average molecular weight is 374 g/mol. The lowest BCUT2D eigenvalue weighted by Gasteiger charge is -2.14. The molecule has 2 N–H and O–H groups in total. The van der Waals surface area contributed by atoms with Gasteiger partial charge in [0.05, 0.1) is 33.2 Å². The Kier molecular flexibility index (Phi) is 7.25. The second kappa shape index (κ2) is 9.63. The fourth-order valence-electron chi connectivity index (χ4n) is 2.40.